The highest BCUT2D eigenvalue weighted by atomic mass is 32.1. The van der Waals surface area contributed by atoms with E-state index in [0.717, 1.165) is 10.7 Å². The van der Waals surface area contributed by atoms with Crippen LogP contribution in [0.25, 0.3) is 0 Å². The lowest BCUT2D eigenvalue weighted by Crippen LogP contribution is -2.55. The maximum absolute atomic E-state index is 12.3. The second-order valence-electron chi connectivity index (χ2n) is 6.47. The van der Waals surface area contributed by atoms with E-state index in [2.05, 4.69) is 4.98 Å². The summed E-state index contributed by atoms with van der Waals surface area (Å²) in [5.74, 6) is 0. The van der Waals surface area contributed by atoms with Gasteiger partial charge in [0.05, 0.1) is 30.4 Å². The number of carbonyl (C=O) groups is 1. The fraction of sp³-hybridized carbons (Fsp3) is 0.733. The number of hydrogen-bond acceptors (Lipinski definition) is 6. The molecule has 0 spiro atoms. The lowest BCUT2D eigenvalue weighted by atomic mass is 10.1. The minimum Gasteiger partial charge on any atom is -0.444 e. The van der Waals surface area contributed by atoms with Crippen molar-refractivity contribution in [3.63, 3.8) is 0 Å². The number of nitrogens with zero attached hydrogens (tertiary/aromatic N) is 2. The monoisotopic (exact) mass is 328 g/mol. The Morgan fingerprint density at radius 1 is 1.64 bits per heavy atom. The predicted octanol–water partition coefficient (Wildman–Crippen LogP) is 1.99. The molecular formula is C15H24N2O4S. The summed E-state index contributed by atoms with van der Waals surface area (Å²) in [5, 5.41) is 13.3. The Balaban J connectivity index is 2.03. The van der Waals surface area contributed by atoms with Crippen LogP contribution in [-0.4, -0.2) is 58.6 Å². The van der Waals surface area contributed by atoms with Crippen molar-refractivity contribution in [3.8, 4) is 0 Å². The number of carbonyl (C=O) groups excluding carboxylic acids is 1. The minimum absolute atomic E-state index is 0.310. The second-order valence-corrected chi connectivity index (χ2v) is 7.41. The van der Waals surface area contributed by atoms with E-state index in [9.17, 15) is 9.90 Å². The molecule has 2 heterocycles. The third-order valence-corrected chi connectivity index (χ3v) is 4.28. The van der Waals surface area contributed by atoms with E-state index in [1.807, 2.05) is 33.1 Å². The molecule has 1 aliphatic rings. The molecule has 0 saturated carbocycles. The van der Waals surface area contributed by atoms with Crippen molar-refractivity contribution in [3.05, 3.63) is 16.1 Å². The zero-order valence-corrected chi connectivity index (χ0v) is 14.4. The molecule has 0 aliphatic carbocycles. The molecule has 1 fully saturated rings. The average molecular weight is 328 g/mol. The standard InChI is InChI=1S/C15H24N2O4S/c1-10-9-22-13(16-10)7-12(18)11-8-20-6-5-17(11)14(19)21-15(2,3)4/h9,11-12,18H,5-8H2,1-4H3. The Kier molecular flexibility index (Phi) is 5.41. The Labute approximate surface area is 135 Å². The van der Waals surface area contributed by atoms with Gasteiger partial charge in [0.25, 0.3) is 0 Å². The molecule has 0 bridgehead atoms. The van der Waals surface area contributed by atoms with E-state index >= 15 is 0 Å². The number of rotatable bonds is 3. The quantitative estimate of drug-likeness (QED) is 0.919. The van der Waals surface area contributed by atoms with Crippen LogP contribution in [-0.2, 0) is 15.9 Å². The van der Waals surface area contributed by atoms with Crippen LogP contribution >= 0.6 is 11.3 Å². The van der Waals surface area contributed by atoms with Crippen LogP contribution in [0, 0.1) is 6.92 Å². The van der Waals surface area contributed by atoms with Crippen molar-refractivity contribution in [2.45, 2.75) is 51.9 Å². The molecule has 2 atom stereocenters. The van der Waals surface area contributed by atoms with Crippen LogP contribution in [0.2, 0.25) is 0 Å². The lowest BCUT2D eigenvalue weighted by molar-refractivity contribution is -0.0660. The number of aliphatic hydroxyl groups is 1. The molecule has 2 unspecified atom stereocenters. The van der Waals surface area contributed by atoms with Gasteiger partial charge in [0.1, 0.15) is 5.60 Å². The topological polar surface area (TPSA) is 71.9 Å². The zero-order valence-electron chi connectivity index (χ0n) is 13.5. The summed E-state index contributed by atoms with van der Waals surface area (Å²) in [7, 11) is 0. The van der Waals surface area contributed by atoms with Gasteiger partial charge in [0.15, 0.2) is 0 Å². The van der Waals surface area contributed by atoms with Gasteiger partial charge >= 0.3 is 6.09 Å². The number of ether oxygens (including phenoxy) is 2. The molecule has 1 amide bonds. The molecule has 0 radical (unpaired) electrons. The summed E-state index contributed by atoms with van der Waals surface area (Å²) in [5.41, 5.74) is 0.383. The minimum atomic E-state index is -0.724. The lowest BCUT2D eigenvalue weighted by Gasteiger charge is -2.38. The van der Waals surface area contributed by atoms with Gasteiger partial charge in [-0.2, -0.15) is 0 Å². The van der Waals surface area contributed by atoms with Crippen molar-refractivity contribution in [2.24, 2.45) is 0 Å². The first-order chi connectivity index (χ1) is 10.3. The van der Waals surface area contributed by atoms with Crippen LogP contribution in [0.15, 0.2) is 5.38 Å². The summed E-state index contributed by atoms with van der Waals surface area (Å²) in [6, 6.07) is -0.409. The predicted molar refractivity (Wildman–Crippen MR) is 84.1 cm³/mol. The van der Waals surface area contributed by atoms with E-state index in [1.54, 1.807) is 4.90 Å². The van der Waals surface area contributed by atoms with Crippen LogP contribution in [0.1, 0.15) is 31.5 Å². The first kappa shape index (κ1) is 17.2. The maximum atomic E-state index is 12.3. The van der Waals surface area contributed by atoms with Crippen molar-refractivity contribution >= 4 is 17.4 Å². The molecule has 124 valence electrons. The number of hydrogen-bond donors (Lipinski definition) is 1. The molecule has 22 heavy (non-hydrogen) atoms. The second kappa shape index (κ2) is 6.93. The first-order valence-corrected chi connectivity index (χ1v) is 8.30. The van der Waals surface area contributed by atoms with E-state index in [-0.39, 0.29) is 0 Å². The highest BCUT2D eigenvalue weighted by Gasteiger charge is 2.35. The number of aryl methyl sites for hydroxylation is 1. The van der Waals surface area contributed by atoms with E-state index in [0.29, 0.717) is 26.2 Å². The third-order valence-electron chi connectivity index (χ3n) is 3.29. The highest BCUT2D eigenvalue weighted by molar-refractivity contribution is 7.09. The van der Waals surface area contributed by atoms with Crippen molar-refractivity contribution in [1.29, 1.82) is 0 Å². The van der Waals surface area contributed by atoms with Crippen LogP contribution in [0.5, 0.6) is 0 Å². The summed E-state index contributed by atoms with van der Waals surface area (Å²) in [6.45, 7) is 8.60. The first-order valence-electron chi connectivity index (χ1n) is 7.43. The van der Waals surface area contributed by atoms with Gasteiger partial charge in [-0.3, -0.25) is 4.90 Å². The van der Waals surface area contributed by atoms with Gasteiger partial charge in [0.2, 0.25) is 0 Å². The van der Waals surface area contributed by atoms with Crippen molar-refractivity contribution in [1.82, 2.24) is 9.88 Å². The normalized spacial score (nSPS) is 20.8. The number of aromatic nitrogens is 1. The highest BCUT2D eigenvalue weighted by Crippen LogP contribution is 2.20. The van der Waals surface area contributed by atoms with Crippen LogP contribution in [0.3, 0.4) is 0 Å². The van der Waals surface area contributed by atoms with Crippen molar-refractivity contribution in [2.75, 3.05) is 19.8 Å². The van der Waals surface area contributed by atoms with Gasteiger partial charge in [0, 0.05) is 24.0 Å². The summed E-state index contributed by atoms with van der Waals surface area (Å²) in [6.07, 6.45) is -0.722. The molecule has 6 nitrogen and oxygen atoms in total. The van der Waals surface area contributed by atoms with Gasteiger partial charge < -0.3 is 14.6 Å². The molecule has 1 aromatic rings. The molecule has 7 heteroatoms. The Bertz CT molecular complexity index is 512. The largest absolute Gasteiger partial charge is 0.444 e. The Morgan fingerprint density at radius 3 is 2.95 bits per heavy atom. The molecular weight excluding hydrogens is 304 g/mol. The molecule has 1 saturated heterocycles. The molecule has 0 aromatic carbocycles. The fourth-order valence-electron chi connectivity index (χ4n) is 2.30. The number of morpholine rings is 1. The summed E-state index contributed by atoms with van der Waals surface area (Å²) < 4.78 is 10.8. The summed E-state index contributed by atoms with van der Waals surface area (Å²) in [4.78, 5) is 18.2. The van der Waals surface area contributed by atoms with Crippen LogP contribution in [0.4, 0.5) is 4.79 Å². The average Bonchev–Trinajstić information content (AvgIpc) is 2.82. The van der Waals surface area contributed by atoms with Gasteiger partial charge in [-0.25, -0.2) is 9.78 Å². The van der Waals surface area contributed by atoms with Gasteiger partial charge in [-0.1, -0.05) is 0 Å². The number of amides is 1. The Morgan fingerprint density at radius 2 is 2.36 bits per heavy atom. The van der Waals surface area contributed by atoms with E-state index in [1.165, 1.54) is 11.3 Å². The van der Waals surface area contributed by atoms with E-state index in [4.69, 9.17) is 9.47 Å². The SMILES string of the molecule is Cc1csc(CC(O)C2COCCN2C(=O)OC(C)(C)C)n1. The Hall–Kier alpha value is -1.18. The molecule has 1 N–H and O–H groups in total. The smallest absolute Gasteiger partial charge is 0.410 e. The van der Waals surface area contributed by atoms with Crippen LogP contribution < -0.4 is 0 Å². The number of thiazole rings is 1. The van der Waals surface area contributed by atoms with Gasteiger partial charge in [-0.05, 0) is 27.7 Å². The van der Waals surface area contributed by atoms with Crippen molar-refractivity contribution < 1.29 is 19.4 Å². The zero-order chi connectivity index (χ0) is 16.3. The molecule has 1 aromatic heterocycles. The fourth-order valence-corrected chi connectivity index (χ4v) is 3.12. The van der Waals surface area contributed by atoms with E-state index < -0.39 is 23.8 Å². The van der Waals surface area contributed by atoms with Gasteiger partial charge in [-0.15, -0.1) is 11.3 Å². The maximum Gasteiger partial charge on any atom is 0.410 e. The number of aliphatic hydroxyl groups excluding tert-OH is 1. The molecule has 1 aliphatic heterocycles. The third kappa shape index (κ3) is 4.66. The molecule has 2 rings (SSSR count). The summed E-state index contributed by atoms with van der Waals surface area (Å²) >= 11 is 1.51.